The number of fused-ring (bicyclic) bond motifs is 2. The molecule has 0 spiro atoms. The molecule has 212 valence electrons. The largest absolute Gasteiger partial charge is 0.463 e. The molecule has 1 aliphatic heterocycles. The Morgan fingerprint density at radius 1 is 1.10 bits per heavy atom. The van der Waals surface area contributed by atoms with Gasteiger partial charge in [0, 0.05) is 39.1 Å². The van der Waals surface area contributed by atoms with Gasteiger partial charge in [0.05, 0.1) is 28.5 Å². The lowest BCUT2D eigenvalue weighted by molar-refractivity contribution is -0.139. The summed E-state index contributed by atoms with van der Waals surface area (Å²) in [5.74, 6) is -0.461. The van der Waals surface area contributed by atoms with Crippen molar-refractivity contribution in [1.29, 1.82) is 0 Å². The molecular formula is C33H28ClN3O3S2. The molecular weight excluding hydrogens is 586 g/mol. The molecule has 42 heavy (non-hydrogen) atoms. The zero-order valence-corrected chi connectivity index (χ0v) is 25.7. The summed E-state index contributed by atoms with van der Waals surface area (Å²) in [4.78, 5) is 33.7. The zero-order valence-electron chi connectivity index (χ0n) is 23.3. The van der Waals surface area contributed by atoms with E-state index >= 15 is 0 Å². The minimum absolute atomic E-state index is 0.193. The smallest absolute Gasteiger partial charge is 0.338 e. The predicted molar refractivity (Wildman–Crippen MR) is 171 cm³/mol. The highest BCUT2D eigenvalue weighted by atomic mass is 35.5. The minimum atomic E-state index is -0.635. The highest BCUT2D eigenvalue weighted by Gasteiger charge is 2.33. The number of carbonyl (C=O) groups excluding carboxylic acids is 1. The van der Waals surface area contributed by atoms with Crippen molar-refractivity contribution < 1.29 is 9.53 Å². The van der Waals surface area contributed by atoms with Crippen LogP contribution in [0.2, 0.25) is 5.02 Å². The second-order valence-corrected chi connectivity index (χ2v) is 12.3. The van der Waals surface area contributed by atoms with E-state index in [1.54, 1.807) is 30.2 Å². The Morgan fingerprint density at radius 2 is 1.83 bits per heavy atom. The van der Waals surface area contributed by atoms with Gasteiger partial charge in [0.1, 0.15) is 0 Å². The third-order valence-corrected chi connectivity index (χ3v) is 9.30. The zero-order chi connectivity index (χ0) is 29.4. The number of nitrogens with zero attached hydrogens (tertiary/aromatic N) is 3. The van der Waals surface area contributed by atoms with Gasteiger partial charge in [-0.25, -0.2) is 9.79 Å². The van der Waals surface area contributed by atoms with Crippen molar-refractivity contribution >= 4 is 57.6 Å². The van der Waals surface area contributed by atoms with Gasteiger partial charge in [-0.05, 0) is 67.6 Å². The van der Waals surface area contributed by atoms with Crippen molar-refractivity contribution in [2.75, 3.05) is 12.9 Å². The molecule has 0 bridgehead atoms. The molecule has 0 unspecified atom stereocenters. The first kappa shape index (κ1) is 28.3. The number of ether oxygens (including phenoxy) is 1. The molecule has 6 nitrogen and oxygen atoms in total. The van der Waals surface area contributed by atoms with Gasteiger partial charge < -0.3 is 9.30 Å². The van der Waals surface area contributed by atoms with Crippen LogP contribution in [-0.2, 0) is 16.1 Å². The minimum Gasteiger partial charge on any atom is -0.463 e. The summed E-state index contributed by atoms with van der Waals surface area (Å²) in [5.41, 5.74) is 4.71. The van der Waals surface area contributed by atoms with E-state index in [-0.39, 0.29) is 12.2 Å². The molecule has 1 atom stereocenters. The molecule has 2 aromatic heterocycles. The Balaban J connectivity index is 1.50. The van der Waals surface area contributed by atoms with E-state index in [1.807, 2.05) is 73.0 Å². The van der Waals surface area contributed by atoms with E-state index < -0.39 is 12.0 Å². The van der Waals surface area contributed by atoms with Crippen molar-refractivity contribution in [2.24, 2.45) is 4.99 Å². The quantitative estimate of drug-likeness (QED) is 0.163. The molecule has 5 aromatic rings. The van der Waals surface area contributed by atoms with Gasteiger partial charge in [0.25, 0.3) is 5.56 Å². The monoisotopic (exact) mass is 613 g/mol. The van der Waals surface area contributed by atoms with Crippen molar-refractivity contribution in [3.05, 3.63) is 132 Å². The molecule has 0 radical (unpaired) electrons. The highest BCUT2D eigenvalue weighted by Crippen LogP contribution is 2.32. The number of para-hydroxylation sites is 1. The lowest BCUT2D eigenvalue weighted by atomic mass is 9.96. The Hall–Kier alpha value is -3.85. The van der Waals surface area contributed by atoms with Crippen LogP contribution in [-0.4, -0.2) is 28.0 Å². The SMILES string of the molecule is CCOC(=O)C1=C(C)N=c2s/c(=C/c3cn(Cc4ccc(Cl)cc4)c4ccccc34)c(=O)n2[C@@H]1c1ccc(SC)cc1. The van der Waals surface area contributed by atoms with Gasteiger partial charge in [0.2, 0.25) is 0 Å². The number of thiazole rings is 1. The van der Waals surface area contributed by atoms with Crippen molar-refractivity contribution in [3.8, 4) is 0 Å². The van der Waals surface area contributed by atoms with Crippen LogP contribution in [0, 0.1) is 0 Å². The molecule has 3 heterocycles. The number of esters is 1. The Morgan fingerprint density at radius 3 is 2.55 bits per heavy atom. The fourth-order valence-corrected chi connectivity index (χ4v) is 6.91. The maximum atomic E-state index is 14.1. The summed E-state index contributed by atoms with van der Waals surface area (Å²) in [6.45, 7) is 4.48. The summed E-state index contributed by atoms with van der Waals surface area (Å²) in [6, 6.07) is 23.3. The molecule has 0 saturated heterocycles. The Labute approximate surface area is 256 Å². The number of rotatable bonds is 7. The van der Waals surface area contributed by atoms with Crippen LogP contribution in [0.1, 0.15) is 36.6 Å². The first-order chi connectivity index (χ1) is 20.4. The number of allylic oxidation sites excluding steroid dienone is 1. The molecule has 6 rings (SSSR count). The molecule has 0 fully saturated rings. The second-order valence-electron chi connectivity index (χ2n) is 9.93. The van der Waals surface area contributed by atoms with Gasteiger partial charge in [0.15, 0.2) is 4.80 Å². The van der Waals surface area contributed by atoms with Gasteiger partial charge >= 0.3 is 5.97 Å². The summed E-state index contributed by atoms with van der Waals surface area (Å²) >= 11 is 9.06. The number of thioether (sulfide) groups is 1. The fourth-order valence-electron chi connectivity index (χ4n) is 5.34. The first-order valence-corrected chi connectivity index (χ1v) is 16.0. The van der Waals surface area contributed by atoms with E-state index in [4.69, 9.17) is 21.3 Å². The number of halogens is 1. The van der Waals surface area contributed by atoms with Crippen LogP contribution in [0.4, 0.5) is 0 Å². The van der Waals surface area contributed by atoms with Crippen molar-refractivity contribution in [2.45, 2.75) is 31.3 Å². The van der Waals surface area contributed by atoms with E-state index in [9.17, 15) is 9.59 Å². The van der Waals surface area contributed by atoms with Gasteiger partial charge in [-0.2, -0.15) is 0 Å². The average molecular weight is 614 g/mol. The molecule has 0 saturated carbocycles. The number of hydrogen-bond donors (Lipinski definition) is 0. The topological polar surface area (TPSA) is 65.6 Å². The fraction of sp³-hybridized carbons (Fsp3) is 0.182. The Kier molecular flexibility index (Phi) is 7.94. The third-order valence-electron chi connectivity index (χ3n) is 7.32. The van der Waals surface area contributed by atoms with Crippen LogP contribution in [0.25, 0.3) is 17.0 Å². The van der Waals surface area contributed by atoms with Crippen molar-refractivity contribution in [1.82, 2.24) is 9.13 Å². The number of benzene rings is 3. The van der Waals surface area contributed by atoms with Crippen LogP contribution in [0.3, 0.4) is 0 Å². The normalized spacial score (nSPS) is 15.1. The van der Waals surface area contributed by atoms with Gasteiger partial charge in [-0.1, -0.05) is 65.4 Å². The van der Waals surface area contributed by atoms with Crippen molar-refractivity contribution in [3.63, 3.8) is 0 Å². The third kappa shape index (κ3) is 5.26. The van der Waals surface area contributed by atoms with Crippen LogP contribution in [0.15, 0.2) is 105 Å². The molecule has 1 aliphatic rings. The molecule has 0 aliphatic carbocycles. The number of carbonyl (C=O) groups is 1. The van der Waals surface area contributed by atoms with E-state index in [1.165, 1.54) is 11.3 Å². The maximum Gasteiger partial charge on any atom is 0.338 e. The number of hydrogen-bond acceptors (Lipinski definition) is 6. The van der Waals surface area contributed by atoms with Gasteiger partial charge in [-0.15, -0.1) is 11.8 Å². The highest BCUT2D eigenvalue weighted by molar-refractivity contribution is 7.98. The lowest BCUT2D eigenvalue weighted by Gasteiger charge is -2.24. The number of aromatic nitrogens is 2. The molecule has 0 amide bonds. The van der Waals surface area contributed by atoms with Crippen LogP contribution >= 0.6 is 34.7 Å². The average Bonchev–Trinajstić information content (AvgIpc) is 3.50. The standard InChI is InChI=1S/C33H28ClN3O3S2/c1-4-40-32(39)29-20(2)35-33-37(30(29)22-11-15-25(41-3)16-12-22)31(38)28(42-33)17-23-19-36(27-8-6-5-7-26(23)27)18-21-9-13-24(34)14-10-21/h5-17,19,30H,4,18H2,1-3H3/b28-17+/t30-/m1/s1. The maximum absolute atomic E-state index is 14.1. The summed E-state index contributed by atoms with van der Waals surface area (Å²) in [6.07, 6.45) is 6.02. The summed E-state index contributed by atoms with van der Waals surface area (Å²) < 4.78 is 9.79. The lowest BCUT2D eigenvalue weighted by Crippen LogP contribution is -2.39. The summed E-state index contributed by atoms with van der Waals surface area (Å²) in [5, 5.41) is 1.75. The summed E-state index contributed by atoms with van der Waals surface area (Å²) in [7, 11) is 0. The molecule has 3 aromatic carbocycles. The second kappa shape index (κ2) is 11.8. The van der Waals surface area contributed by atoms with E-state index in [0.717, 1.165) is 32.5 Å². The Bertz CT molecular complexity index is 2020. The van der Waals surface area contributed by atoms with E-state index in [2.05, 4.69) is 22.9 Å². The van der Waals surface area contributed by atoms with Crippen LogP contribution in [0.5, 0.6) is 0 Å². The predicted octanol–water partition coefficient (Wildman–Crippen LogP) is 6.18. The van der Waals surface area contributed by atoms with Crippen LogP contribution < -0.4 is 14.9 Å². The first-order valence-electron chi connectivity index (χ1n) is 13.5. The van der Waals surface area contributed by atoms with E-state index in [0.29, 0.717) is 32.2 Å². The van der Waals surface area contributed by atoms with Gasteiger partial charge in [-0.3, -0.25) is 9.36 Å². The molecule has 9 heteroatoms. The molecule has 0 N–H and O–H groups in total.